The first-order valence-corrected chi connectivity index (χ1v) is 5.27. The number of carboxylic acids is 1. The average molecular weight is 240 g/mol. The normalized spacial score (nSPS) is 12.5. The second-order valence-corrected chi connectivity index (χ2v) is 4.28. The fourth-order valence-electron chi connectivity index (χ4n) is 1.68. The zero-order valence-corrected chi connectivity index (χ0v) is 10.3. The lowest BCUT2D eigenvalue weighted by atomic mass is 10.0. The largest absolute Gasteiger partial charge is 0.480 e. The number of amides is 1. The van der Waals surface area contributed by atoms with E-state index in [2.05, 4.69) is 5.16 Å². The summed E-state index contributed by atoms with van der Waals surface area (Å²) in [4.78, 5) is 24.3. The Morgan fingerprint density at radius 3 is 2.41 bits per heavy atom. The molecule has 0 radical (unpaired) electrons. The van der Waals surface area contributed by atoms with Crippen LogP contribution in [0.25, 0.3) is 0 Å². The van der Waals surface area contributed by atoms with Crippen LogP contribution in [0.2, 0.25) is 0 Å². The van der Waals surface area contributed by atoms with Crippen LogP contribution in [0.5, 0.6) is 0 Å². The molecule has 1 aromatic heterocycles. The van der Waals surface area contributed by atoms with Gasteiger partial charge in [0.05, 0.1) is 6.20 Å². The summed E-state index contributed by atoms with van der Waals surface area (Å²) < 4.78 is 4.82. The number of nitrogens with zero attached hydrogens (tertiary/aromatic N) is 2. The predicted octanol–water partition coefficient (Wildman–Crippen LogP) is 1.16. The summed E-state index contributed by atoms with van der Waals surface area (Å²) >= 11 is 0. The second-order valence-electron chi connectivity index (χ2n) is 4.28. The first kappa shape index (κ1) is 13.2. The molecule has 1 amide bonds. The fourth-order valence-corrected chi connectivity index (χ4v) is 1.68. The van der Waals surface area contributed by atoms with Crippen molar-refractivity contribution in [2.45, 2.75) is 26.8 Å². The van der Waals surface area contributed by atoms with Gasteiger partial charge >= 0.3 is 5.97 Å². The van der Waals surface area contributed by atoms with Crippen LogP contribution >= 0.6 is 0 Å². The van der Waals surface area contributed by atoms with Crippen molar-refractivity contribution in [3.8, 4) is 0 Å². The molecule has 0 fully saturated rings. The molecule has 0 aliphatic rings. The lowest BCUT2D eigenvalue weighted by molar-refractivity contribution is -0.143. The SMILES string of the molecule is Cc1cnoc1C(=O)N(C)C(C(=O)O)C(C)C. The molecule has 0 spiro atoms. The quantitative estimate of drug-likeness (QED) is 0.853. The topological polar surface area (TPSA) is 83.6 Å². The number of carbonyl (C=O) groups excluding carboxylic acids is 1. The van der Waals surface area contributed by atoms with Crippen molar-refractivity contribution in [3.63, 3.8) is 0 Å². The lowest BCUT2D eigenvalue weighted by Crippen LogP contribution is -2.45. The van der Waals surface area contributed by atoms with Crippen LogP contribution in [0.3, 0.4) is 0 Å². The molecule has 6 nitrogen and oxygen atoms in total. The summed E-state index contributed by atoms with van der Waals surface area (Å²) in [6.07, 6.45) is 1.42. The van der Waals surface area contributed by atoms with Crippen LogP contribution < -0.4 is 0 Å². The highest BCUT2D eigenvalue weighted by atomic mass is 16.5. The minimum Gasteiger partial charge on any atom is -0.480 e. The van der Waals surface area contributed by atoms with Crippen molar-refractivity contribution >= 4 is 11.9 Å². The van der Waals surface area contributed by atoms with Crippen LogP contribution in [0.15, 0.2) is 10.7 Å². The van der Waals surface area contributed by atoms with Crippen molar-refractivity contribution in [2.24, 2.45) is 5.92 Å². The summed E-state index contributed by atoms with van der Waals surface area (Å²) in [6, 6.07) is -0.882. The minimum atomic E-state index is -1.03. The van der Waals surface area contributed by atoms with Gasteiger partial charge in [-0.2, -0.15) is 0 Å². The van der Waals surface area contributed by atoms with Crippen molar-refractivity contribution < 1.29 is 19.2 Å². The van der Waals surface area contributed by atoms with E-state index in [1.165, 1.54) is 18.1 Å². The maximum absolute atomic E-state index is 12.0. The van der Waals surface area contributed by atoms with Crippen molar-refractivity contribution in [3.05, 3.63) is 17.5 Å². The molecule has 94 valence electrons. The summed E-state index contributed by atoms with van der Waals surface area (Å²) in [5, 5.41) is 12.6. The Hall–Kier alpha value is -1.85. The zero-order valence-electron chi connectivity index (χ0n) is 10.3. The molecule has 0 aromatic carbocycles. The van der Waals surface area contributed by atoms with Gasteiger partial charge in [0.1, 0.15) is 6.04 Å². The van der Waals surface area contributed by atoms with Crippen molar-refractivity contribution in [1.29, 1.82) is 0 Å². The van der Waals surface area contributed by atoms with Crippen LogP contribution in [-0.4, -0.2) is 40.1 Å². The van der Waals surface area contributed by atoms with E-state index in [0.29, 0.717) is 5.56 Å². The van der Waals surface area contributed by atoms with Gasteiger partial charge in [0.2, 0.25) is 5.76 Å². The summed E-state index contributed by atoms with van der Waals surface area (Å²) in [5.41, 5.74) is 0.592. The molecule has 0 saturated heterocycles. The molecule has 17 heavy (non-hydrogen) atoms. The van der Waals surface area contributed by atoms with Crippen LogP contribution in [-0.2, 0) is 4.79 Å². The van der Waals surface area contributed by atoms with E-state index >= 15 is 0 Å². The van der Waals surface area contributed by atoms with Crippen LogP contribution in [0.4, 0.5) is 0 Å². The van der Waals surface area contributed by atoms with E-state index in [1.807, 2.05) is 0 Å². The highest BCUT2D eigenvalue weighted by Gasteiger charge is 2.32. The number of hydrogen-bond donors (Lipinski definition) is 1. The van der Waals surface area contributed by atoms with Crippen molar-refractivity contribution in [1.82, 2.24) is 10.1 Å². The first-order chi connectivity index (χ1) is 7.86. The van der Waals surface area contributed by atoms with Gasteiger partial charge in [-0.25, -0.2) is 4.79 Å². The first-order valence-electron chi connectivity index (χ1n) is 5.27. The number of aromatic nitrogens is 1. The van der Waals surface area contributed by atoms with Gasteiger partial charge in [-0.15, -0.1) is 0 Å². The van der Waals surface area contributed by atoms with E-state index in [0.717, 1.165) is 0 Å². The fraction of sp³-hybridized carbons (Fsp3) is 0.545. The van der Waals surface area contributed by atoms with Crippen molar-refractivity contribution in [2.75, 3.05) is 7.05 Å². The number of rotatable bonds is 4. The maximum Gasteiger partial charge on any atom is 0.326 e. The molecular formula is C11H16N2O4. The molecule has 1 rings (SSSR count). The van der Waals surface area contributed by atoms with Gasteiger partial charge in [0, 0.05) is 12.6 Å². The number of aliphatic carboxylic acids is 1. The zero-order chi connectivity index (χ0) is 13.2. The monoisotopic (exact) mass is 240 g/mol. The number of aryl methyl sites for hydroxylation is 1. The predicted molar refractivity (Wildman–Crippen MR) is 59.6 cm³/mol. The lowest BCUT2D eigenvalue weighted by Gasteiger charge is -2.26. The Morgan fingerprint density at radius 1 is 1.47 bits per heavy atom. The van der Waals surface area contributed by atoms with E-state index in [4.69, 9.17) is 9.63 Å². The van der Waals surface area contributed by atoms with Gasteiger partial charge in [-0.05, 0) is 12.8 Å². The molecular weight excluding hydrogens is 224 g/mol. The molecule has 1 heterocycles. The third-order valence-electron chi connectivity index (χ3n) is 2.56. The summed E-state index contributed by atoms with van der Waals surface area (Å²) in [5.74, 6) is -1.61. The standard InChI is InChI=1S/C11H16N2O4/c1-6(2)8(11(15)16)13(4)10(14)9-7(3)5-12-17-9/h5-6,8H,1-4H3,(H,15,16). The Kier molecular flexibility index (Phi) is 3.88. The van der Waals surface area contributed by atoms with Crippen LogP contribution in [0.1, 0.15) is 30.0 Å². The molecule has 0 bridgehead atoms. The molecule has 1 unspecified atom stereocenters. The van der Waals surface area contributed by atoms with Gasteiger partial charge in [-0.3, -0.25) is 4.79 Å². The summed E-state index contributed by atoms with van der Waals surface area (Å²) in [6.45, 7) is 5.17. The van der Waals surface area contributed by atoms with E-state index in [-0.39, 0.29) is 11.7 Å². The third kappa shape index (κ3) is 2.64. The van der Waals surface area contributed by atoms with Gasteiger partial charge in [-0.1, -0.05) is 19.0 Å². The smallest absolute Gasteiger partial charge is 0.326 e. The number of carbonyl (C=O) groups is 2. The Balaban J connectivity index is 2.96. The Labute approximate surface area is 99.2 Å². The highest BCUT2D eigenvalue weighted by Crippen LogP contribution is 2.15. The van der Waals surface area contributed by atoms with Gasteiger partial charge in [0.15, 0.2) is 0 Å². The minimum absolute atomic E-state index is 0.0828. The molecule has 0 aliphatic carbocycles. The average Bonchev–Trinajstić information content (AvgIpc) is 2.62. The van der Waals surface area contributed by atoms with Crippen LogP contribution in [0, 0.1) is 12.8 Å². The molecule has 6 heteroatoms. The third-order valence-corrected chi connectivity index (χ3v) is 2.56. The second kappa shape index (κ2) is 4.99. The number of hydrogen-bond acceptors (Lipinski definition) is 4. The molecule has 1 atom stereocenters. The number of likely N-dealkylation sites (N-methyl/N-ethyl adjacent to an activating group) is 1. The Morgan fingerprint density at radius 2 is 2.06 bits per heavy atom. The molecule has 0 saturated carbocycles. The Bertz CT molecular complexity index is 425. The molecule has 0 aliphatic heterocycles. The van der Waals surface area contributed by atoms with E-state index < -0.39 is 17.9 Å². The highest BCUT2D eigenvalue weighted by molar-refractivity contribution is 5.95. The summed E-state index contributed by atoms with van der Waals surface area (Å²) in [7, 11) is 1.45. The number of carboxylic acid groups (broad SMARTS) is 1. The molecule has 1 N–H and O–H groups in total. The van der Waals surface area contributed by atoms with E-state index in [9.17, 15) is 9.59 Å². The van der Waals surface area contributed by atoms with Gasteiger partial charge < -0.3 is 14.5 Å². The maximum atomic E-state index is 12.0. The van der Waals surface area contributed by atoms with Gasteiger partial charge in [0.25, 0.3) is 5.91 Å². The van der Waals surface area contributed by atoms with E-state index in [1.54, 1.807) is 20.8 Å². The molecule has 1 aromatic rings.